The summed E-state index contributed by atoms with van der Waals surface area (Å²) in [5.74, 6) is -0.899. The predicted octanol–water partition coefficient (Wildman–Crippen LogP) is 0.714. The van der Waals surface area contributed by atoms with Crippen LogP contribution in [0.4, 0.5) is 13.2 Å². The summed E-state index contributed by atoms with van der Waals surface area (Å²) in [7, 11) is -4.55. The van der Waals surface area contributed by atoms with Gasteiger partial charge >= 0.3 is 21.5 Å². The maximum Gasteiger partial charge on any atom is 0.512 e. The van der Waals surface area contributed by atoms with Crippen LogP contribution in [0.1, 0.15) is 5.56 Å². The van der Waals surface area contributed by atoms with Gasteiger partial charge in [0.15, 0.2) is 0 Å². The Morgan fingerprint density at radius 2 is 1.86 bits per heavy atom. The Bertz CT molecular complexity index is 575. The third-order valence-electron chi connectivity index (χ3n) is 2.44. The van der Waals surface area contributed by atoms with Gasteiger partial charge in [-0.25, -0.2) is 13.8 Å². The van der Waals surface area contributed by atoms with Crippen molar-refractivity contribution in [1.82, 2.24) is 10.3 Å². The van der Waals surface area contributed by atoms with Crippen LogP contribution in [0.25, 0.3) is 0 Å². The number of sulfonamides is 1. The zero-order chi connectivity index (χ0) is 16.1. The van der Waals surface area contributed by atoms with Crippen molar-refractivity contribution in [2.24, 2.45) is 0 Å². The number of alkyl halides is 3. The predicted molar refractivity (Wildman–Crippen MR) is 67.2 cm³/mol. The second-order valence-corrected chi connectivity index (χ2v) is 5.63. The number of hydrazine groups is 1. The van der Waals surface area contributed by atoms with E-state index >= 15 is 0 Å². The molecule has 0 radical (unpaired) electrons. The van der Waals surface area contributed by atoms with Crippen LogP contribution in [0.3, 0.4) is 0 Å². The van der Waals surface area contributed by atoms with Gasteiger partial charge < -0.3 is 4.74 Å². The van der Waals surface area contributed by atoms with Crippen molar-refractivity contribution < 1.29 is 31.1 Å². The molecule has 1 aromatic rings. The van der Waals surface area contributed by atoms with Gasteiger partial charge in [-0.15, -0.1) is 4.83 Å². The minimum atomic E-state index is -5.60. The molecule has 0 bridgehead atoms. The number of rotatable bonds is 6. The van der Waals surface area contributed by atoms with Crippen LogP contribution >= 0.6 is 0 Å². The van der Waals surface area contributed by atoms with Crippen molar-refractivity contribution in [3.8, 4) is 0 Å². The van der Waals surface area contributed by atoms with Gasteiger partial charge in [0.2, 0.25) is 0 Å². The number of hydrogen-bond donors (Lipinski definition) is 2. The maximum atomic E-state index is 12.2. The number of halogens is 3. The lowest BCUT2D eigenvalue weighted by Crippen LogP contribution is -2.52. The van der Waals surface area contributed by atoms with E-state index in [1.54, 1.807) is 30.3 Å². The molecular formula is C11H13F3N2O4S. The summed E-state index contributed by atoms with van der Waals surface area (Å²) in [6, 6.07) is 7.03. The molecule has 1 rings (SSSR count). The zero-order valence-electron chi connectivity index (χ0n) is 10.8. The summed E-state index contributed by atoms with van der Waals surface area (Å²) in [5, 5.41) is 0. The van der Waals surface area contributed by atoms with Gasteiger partial charge in [-0.2, -0.15) is 13.2 Å². The topological polar surface area (TPSA) is 84.5 Å². The summed E-state index contributed by atoms with van der Waals surface area (Å²) in [6.45, 7) is 0. The summed E-state index contributed by atoms with van der Waals surface area (Å²) in [6.07, 6.45) is -0.0477. The molecule has 0 aromatic heterocycles. The summed E-state index contributed by atoms with van der Waals surface area (Å²) >= 11 is 0. The van der Waals surface area contributed by atoms with Crippen molar-refractivity contribution in [2.75, 3.05) is 7.11 Å². The van der Waals surface area contributed by atoms with Crippen LogP contribution in [-0.4, -0.2) is 33.0 Å². The van der Waals surface area contributed by atoms with Crippen LogP contribution in [0, 0.1) is 0 Å². The fourth-order valence-electron chi connectivity index (χ4n) is 1.39. The molecule has 0 aliphatic rings. The van der Waals surface area contributed by atoms with Crippen molar-refractivity contribution in [2.45, 2.75) is 18.0 Å². The molecule has 0 aliphatic heterocycles. The average Bonchev–Trinajstić information content (AvgIpc) is 2.42. The molecule has 0 fully saturated rings. The summed E-state index contributed by atoms with van der Waals surface area (Å²) in [4.78, 5) is 12.6. The van der Waals surface area contributed by atoms with Gasteiger partial charge in [-0.1, -0.05) is 30.3 Å². The number of ether oxygens (including phenoxy) is 1. The largest absolute Gasteiger partial charge is 0.512 e. The normalized spacial score (nSPS) is 13.7. The van der Waals surface area contributed by atoms with Crippen LogP contribution in [0.2, 0.25) is 0 Å². The molecule has 118 valence electrons. The van der Waals surface area contributed by atoms with Crippen LogP contribution < -0.4 is 10.3 Å². The quantitative estimate of drug-likeness (QED) is 0.594. The van der Waals surface area contributed by atoms with Crippen LogP contribution in [0.15, 0.2) is 30.3 Å². The number of carbonyl (C=O) groups excluding carboxylic acids is 1. The Hall–Kier alpha value is -1.65. The molecular weight excluding hydrogens is 313 g/mol. The lowest BCUT2D eigenvalue weighted by atomic mass is 10.1. The second kappa shape index (κ2) is 6.87. The first-order valence-corrected chi connectivity index (χ1v) is 7.11. The molecule has 0 amide bonds. The van der Waals surface area contributed by atoms with E-state index in [0.29, 0.717) is 5.56 Å². The molecule has 1 atom stereocenters. The number of carbonyl (C=O) groups is 1. The second-order valence-electron chi connectivity index (χ2n) is 3.96. The number of benzene rings is 1. The number of hydrogen-bond acceptors (Lipinski definition) is 5. The molecule has 0 spiro atoms. The Morgan fingerprint density at radius 3 is 2.33 bits per heavy atom. The Balaban J connectivity index is 2.79. The minimum absolute atomic E-state index is 0.0477. The highest BCUT2D eigenvalue weighted by Gasteiger charge is 2.46. The van der Waals surface area contributed by atoms with Gasteiger partial charge in [-0.3, -0.25) is 4.79 Å². The molecule has 10 heteroatoms. The van der Waals surface area contributed by atoms with Crippen LogP contribution in [0.5, 0.6) is 0 Å². The fraction of sp³-hybridized carbons (Fsp3) is 0.364. The smallest absolute Gasteiger partial charge is 0.468 e. The van der Waals surface area contributed by atoms with Gasteiger partial charge in [0.05, 0.1) is 7.11 Å². The summed E-state index contributed by atoms with van der Waals surface area (Å²) in [5.41, 5.74) is -3.03. The molecule has 0 saturated heterocycles. The monoisotopic (exact) mass is 326 g/mol. The Kier molecular flexibility index (Phi) is 5.70. The fourth-order valence-corrected chi connectivity index (χ4v) is 1.81. The molecule has 0 unspecified atom stereocenters. The molecule has 6 nitrogen and oxygen atoms in total. The van der Waals surface area contributed by atoms with Gasteiger partial charge in [0, 0.05) is 0 Å². The highest BCUT2D eigenvalue weighted by molar-refractivity contribution is 7.90. The first-order chi connectivity index (χ1) is 9.67. The van der Waals surface area contributed by atoms with Gasteiger partial charge in [0.25, 0.3) is 0 Å². The first kappa shape index (κ1) is 17.4. The molecule has 21 heavy (non-hydrogen) atoms. The van der Waals surface area contributed by atoms with Crippen molar-refractivity contribution in [3.05, 3.63) is 35.9 Å². The van der Waals surface area contributed by atoms with E-state index in [9.17, 15) is 26.4 Å². The van der Waals surface area contributed by atoms with Crippen LogP contribution in [-0.2, 0) is 26.0 Å². The Morgan fingerprint density at radius 1 is 1.29 bits per heavy atom. The zero-order valence-corrected chi connectivity index (χ0v) is 11.7. The first-order valence-electron chi connectivity index (χ1n) is 5.62. The maximum absolute atomic E-state index is 12.2. The molecule has 0 aliphatic carbocycles. The third kappa shape index (κ3) is 4.99. The number of esters is 1. The molecule has 1 aromatic carbocycles. The standard InChI is InChI=1S/C11H13F3N2O4S/c1-20-10(17)9(7-8-5-3-2-4-6-8)15-16-21(18,19)11(12,13)14/h2-6,9,15-16H,7H2,1H3/t9-/m0/s1. The van der Waals surface area contributed by atoms with Crippen molar-refractivity contribution >= 4 is 16.0 Å². The molecule has 0 saturated carbocycles. The van der Waals surface area contributed by atoms with Crippen molar-refractivity contribution in [1.29, 1.82) is 0 Å². The minimum Gasteiger partial charge on any atom is -0.468 e. The van der Waals surface area contributed by atoms with E-state index in [0.717, 1.165) is 11.9 Å². The van der Waals surface area contributed by atoms with E-state index < -0.39 is 27.5 Å². The van der Waals surface area contributed by atoms with E-state index in [-0.39, 0.29) is 6.42 Å². The van der Waals surface area contributed by atoms with Gasteiger partial charge in [-0.05, 0) is 12.0 Å². The lowest BCUT2D eigenvalue weighted by molar-refractivity contribution is -0.143. The SMILES string of the molecule is COC(=O)[C@H](Cc1ccccc1)NNS(=O)(=O)C(F)(F)F. The molecule has 2 N–H and O–H groups in total. The van der Waals surface area contributed by atoms with E-state index in [2.05, 4.69) is 4.74 Å². The van der Waals surface area contributed by atoms with E-state index in [1.807, 2.05) is 5.43 Å². The summed E-state index contributed by atoms with van der Waals surface area (Å²) < 4.78 is 62.7. The van der Waals surface area contributed by atoms with Gasteiger partial charge in [0.1, 0.15) is 6.04 Å². The highest BCUT2D eigenvalue weighted by atomic mass is 32.2. The third-order valence-corrected chi connectivity index (χ3v) is 3.44. The highest BCUT2D eigenvalue weighted by Crippen LogP contribution is 2.21. The Labute approximate surface area is 119 Å². The van der Waals surface area contributed by atoms with E-state index in [1.165, 1.54) is 0 Å². The molecule has 0 heterocycles. The average molecular weight is 326 g/mol. The number of methoxy groups -OCH3 is 1. The van der Waals surface area contributed by atoms with Crippen molar-refractivity contribution in [3.63, 3.8) is 0 Å². The lowest BCUT2D eigenvalue weighted by Gasteiger charge is -2.18. The number of nitrogens with one attached hydrogen (secondary N) is 2. The van der Waals surface area contributed by atoms with E-state index in [4.69, 9.17) is 0 Å².